The second-order valence-corrected chi connectivity index (χ2v) is 4.45. The molecule has 16 heavy (non-hydrogen) atoms. The number of hydrogen-bond acceptors (Lipinski definition) is 5. The van der Waals surface area contributed by atoms with Crippen molar-refractivity contribution in [2.24, 2.45) is 5.73 Å². The van der Waals surface area contributed by atoms with Gasteiger partial charge < -0.3 is 10.5 Å². The van der Waals surface area contributed by atoms with Crippen LogP contribution in [0.4, 0.5) is 0 Å². The van der Waals surface area contributed by atoms with Gasteiger partial charge in [-0.3, -0.25) is 0 Å². The Morgan fingerprint density at radius 2 is 2.19 bits per heavy atom. The maximum absolute atomic E-state index is 5.51. The van der Waals surface area contributed by atoms with Gasteiger partial charge in [-0.25, -0.2) is 0 Å². The lowest BCUT2D eigenvalue weighted by molar-refractivity contribution is 0.414. The van der Waals surface area contributed by atoms with Crippen LogP contribution in [0.25, 0.3) is 10.6 Å². The highest BCUT2D eigenvalue weighted by Gasteiger charge is 2.08. The molecule has 1 heterocycles. The molecule has 84 valence electrons. The molecule has 0 amide bonds. The second kappa shape index (κ2) is 4.59. The lowest BCUT2D eigenvalue weighted by Gasteiger charge is -2.04. The number of ether oxygens (including phenoxy) is 1. The summed E-state index contributed by atoms with van der Waals surface area (Å²) >= 11 is 1.53. The largest absolute Gasteiger partial charge is 0.497 e. The van der Waals surface area contributed by atoms with E-state index < -0.39 is 0 Å². The van der Waals surface area contributed by atoms with Crippen molar-refractivity contribution in [2.45, 2.75) is 13.5 Å². The zero-order chi connectivity index (χ0) is 11.5. The summed E-state index contributed by atoms with van der Waals surface area (Å²) in [6.07, 6.45) is 0. The van der Waals surface area contributed by atoms with Crippen LogP contribution in [-0.4, -0.2) is 17.3 Å². The molecular weight excluding hydrogens is 222 g/mol. The third kappa shape index (κ3) is 2.05. The number of aromatic nitrogens is 2. The third-order valence-electron chi connectivity index (χ3n) is 2.31. The Balaban J connectivity index is 2.40. The smallest absolute Gasteiger partial charge is 0.148 e. The Morgan fingerprint density at radius 3 is 2.75 bits per heavy atom. The molecule has 0 atom stereocenters. The standard InChI is InChI=1S/C11H13N3OS/c1-7-5-8(15-2)3-4-9(7)11-14-13-10(6-12)16-11/h3-5H,6,12H2,1-2H3. The maximum atomic E-state index is 5.51. The first-order chi connectivity index (χ1) is 7.74. The minimum absolute atomic E-state index is 0.437. The Morgan fingerprint density at radius 1 is 1.38 bits per heavy atom. The van der Waals surface area contributed by atoms with Crippen molar-refractivity contribution in [1.82, 2.24) is 10.2 Å². The minimum Gasteiger partial charge on any atom is -0.497 e. The van der Waals surface area contributed by atoms with Gasteiger partial charge in [0.05, 0.1) is 7.11 Å². The minimum atomic E-state index is 0.437. The molecule has 0 aliphatic heterocycles. The maximum Gasteiger partial charge on any atom is 0.148 e. The lowest BCUT2D eigenvalue weighted by Crippen LogP contribution is -1.94. The van der Waals surface area contributed by atoms with Crippen molar-refractivity contribution in [3.05, 3.63) is 28.8 Å². The molecule has 1 aromatic carbocycles. The predicted molar refractivity (Wildman–Crippen MR) is 64.5 cm³/mol. The molecule has 0 aliphatic rings. The fourth-order valence-electron chi connectivity index (χ4n) is 1.45. The number of nitrogens with two attached hydrogens (primary N) is 1. The van der Waals surface area contributed by atoms with Gasteiger partial charge in [0.2, 0.25) is 0 Å². The van der Waals surface area contributed by atoms with E-state index in [2.05, 4.69) is 10.2 Å². The molecule has 0 bridgehead atoms. The molecular formula is C11H13N3OS. The average molecular weight is 235 g/mol. The van der Waals surface area contributed by atoms with Gasteiger partial charge >= 0.3 is 0 Å². The van der Waals surface area contributed by atoms with Gasteiger partial charge in [0, 0.05) is 12.1 Å². The summed E-state index contributed by atoms with van der Waals surface area (Å²) in [5.41, 5.74) is 7.72. The molecule has 1 aromatic heterocycles. The van der Waals surface area contributed by atoms with Crippen LogP contribution >= 0.6 is 11.3 Å². The molecule has 0 unspecified atom stereocenters. The topological polar surface area (TPSA) is 61.0 Å². The second-order valence-electron chi connectivity index (χ2n) is 3.39. The van der Waals surface area contributed by atoms with Crippen molar-refractivity contribution in [3.63, 3.8) is 0 Å². The SMILES string of the molecule is COc1ccc(-c2nnc(CN)s2)c(C)c1. The van der Waals surface area contributed by atoms with Crippen molar-refractivity contribution >= 4 is 11.3 Å². The first-order valence-corrected chi connectivity index (χ1v) is 5.73. The van der Waals surface area contributed by atoms with Crippen LogP contribution < -0.4 is 10.5 Å². The van der Waals surface area contributed by atoms with Gasteiger partial charge in [0.15, 0.2) is 0 Å². The highest BCUT2D eigenvalue weighted by Crippen LogP contribution is 2.28. The summed E-state index contributed by atoms with van der Waals surface area (Å²) in [6, 6.07) is 5.90. The number of hydrogen-bond donors (Lipinski definition) is 1. The Hall–Kier alpha value is -1.46. The molecule has 0 saturated heterocycles. The molecule has 4 nitrogen and oxygen atoms in total. The van der Waals surface area contributed by atoms with Crippen LogP contribution in [0.5, 0.6) is 5.75 Å². The zero-order valence-corrected chi connectivity index (χ0v) is 10.0. The number of methoxy groups -OCH3 is 1. The van der Waals surface area contributed by atoms with Crippen LogP contribution in [0.1, 0.15) is 10.6 Å². The average Bonchev–Trinajstić information content (AvgIpc) is 2.77. The van der Waals surface area contributed by atoms with E-state index in [1.807, 2.05) is 25.1 Å². The van der Waals surface area contributed by atoms with Gasteiger partial charge in [-0.15, -0.1) is 10.2 Å². The van der Waals surface area contributed by atoms with E-state index in [-0.39, 0.29) is 0 Å². The van der Waals surface area contributed by atoms with Crippen molar-refractivity contribution in [2.75, 3.05) is 7.11 Å². The van der Waals surface area contributed by atoms with E-state index in [4.69, 9.17) is 10.5 Å². The van der Waals surface area contributed by atoms with E-state index in [0.717, 1.165) is 26.9 Å². The van der Waals surface area contributed by atoms with Crippen molar-refractivity contribution in [3.8, 4) is 16.3 Å². The van der Waals surface area contributed by atoms with Crippen molar-refractivity contribution in [1.29, 1.82) is 0 Å². The summed E-state index contributed by atoms with van der Waals surface area (Å²) in [5, 5.41) is 9.88. The summed E-state index contributed by atoms with van der Waals surface area (Å²) in [6.45, 7) is 2.47. The normalized spacial score (nSPS) is 10.4. The summed E-state index contributed by atoms with van der Waals surface area (Å²) in [4.78, 5) is 0. The van der Waals surface area contributed by atoms with Crippen molar-refractivity contribution < 1.29 is 4.74 Å². The predicted octanol–water partition coefficient (Wildman–Crippen LogP) is 1.98. The molecule has 0 radical (unpaired) electrons. The van der Waals surface area contributed by atoms with E-state index in [0.29, 0.717) is 6.54 Å². The number of nitrogens with zero attached hydrogens (tertiary/aromatic N) is 2. The van der Waals surface area contributed by atoms with E-state index in [9.17, 15) is 0 Å². The number of benzene rings is 1. The molecule has 5 heteroatoms. The van der Waals surface area contributed by atoms with Crippen LogP contribution in [0.3, 0.4) is 0 Å². The molecule has 0 aliphatic carbocycles. The summed E-state index contributed by atoms with van der Waals surface area (Å²) in [7, 11) is 1.66. The highest BCUT2D eigenvalue weighted by molar-refractivity contribution is 7.14. The Kier molecular flexibility index (Phi) is 3.17. The Labute approximate surface area is 98.1 Å². The van der Waals surface area contributed by atoms with Crippen LogP contribution in [0.2, 0.25) is 0 Å². The van der Waals surface area contributed by atoms with Gasteiger partial charge in [-0.2, -0.15) is 0 Å². The van der Waals surface area contributed by atoms with E-state index in [1.54, 1.807) is 7.11 Å². The van der Waals surface area contributed by atoms with Gasteiger partial charge in [-0.05, 0) is 30.7 Å². The molecule has 2 rings (SSSR count). The van der Waals surface area contributed by atoms with Crippen LogP contribution in [0, 0.1) is 6.92 Å². The molecule has 2 N–H and O–H groups in total. The highest BCUT2D eigenvalue weighted by atomic mass is 32.1. The number of rotatable bonds is 3. The fraction of sp³-hybridized carbons (Fsp3) is 0.273. The molecule has 0 spiro atoms. The third-order valence-corrected chi connectivity index (χ3v) is 3.28. The van der Waals surface area contributed by atoms with Gasteiger partial charge in [0.25, 0.3) is 0 Å². The summed E-state index contributed by atoms with van der Waals surface area (Å²) in [5.74, 6) is 0.852. The lowest BCUT2D eigenvalue weighted by atomic mass is 10.1. The first kappa shape index (κ1) is 11.0. The van der Waals surface area contributed by atoms with Crippen LogP contribution in [0.15, 0.2) is 18.2 Å². The summed E-state index contributed by atoms with van der Waals surface area (Å²) < 4.78 is 5.16. The molecule has 0 fully saturated rings. The zero-order valence-electron chi connectivity index (χ0n) is 9.23. The molecule has 0 saturated carbocycles. The van der Waals surface area contributed by atoms with E-state index >= 15 is 0 Å². The quantitative estimate of drug-likeness (QED) is 0.883. The van der Waals surface area contributed by atoms with E-state index in [1.165, 1.54) is 11.3 Å². The van der Waals surface area contributed by atoms with Crippen LogP contribution in [-0.2, 0) is 6.54 Å². The van der Waals surface area contributed by atoms with Gasteiger partial charge in [0.1, 0.15) is 15.8 Å². The molecule has 2 aromatic rings. The Bertz CT molecular complexity index is 496. The first-order valence-electron chi connectivity index (χ1n) is 4.92. The fourth-order valence-corrected chi connectivity index (χ4v) is 2.26. The number of aryl methyl sites for hydroxylation is 1. The van der Waals surface area contributed by atoms with Gasteiger partial charge in [-0.1, -0.05) is 11.3 Å². The monoisotopic (exact) mass is 235 g/mol.